The summed E-state index contributed by atoms with van der Waals surface area (Å²) in [6, 6.07) is 8.22. The molecule has 0 heterocycles. The molecule has 5 nitrogen and oxygen atoms in total. The molecular formula is C13H15NO4. The van der Waals surface area contributed by atoms with Crippen molar-refractivity contribution in [3.05, 3.63) is 48.0 Å². The van der Waals surface area contributed by atoms with Gasteiger partial charge in [-0.25, -0.2) is 4.79 Å². The third-order valence-corrected chi connectivity index (χ3v) is 2.87. The van der Waals surface area contributed by atoms with Crippen molar-refractivity contribution in [3.63, 3.8) is 0 Å². The van der Waals surface area contributed by atoms with E-state index in [9.17, 15) is 9.90 Å². The number of rotatable bonds is 4. The normalized spacial score (nSPS) is 23.9. The van der Waals surface area contributed by atoms with Crippen LogP contribution in [-0.4, -0.2) is 28.4 Å². The lowest BCUT2D eigenvalue weighted by Crippen LogP contribution is -2.37. The van der Waals surface area contributed by atoms with E-state index in [1.54, 1.807) is 42.5 Å². The highest BCUT2D eigenvalue weighted by Gasteiger charge is 2.28. The summed E-state index contributed by atoms with van der Waals surface area (Å²) in [5.74, 6) is -0.724. The molecule has 18 heavy (non-hydrogen) atoms. The van der Waals surface area contributed by atoms with Gasteiger partial charge in [-0.05, 0) is 18.1 Å². The van der Waals surface area contributed by atoms with E-state index < -0.39 is 18.2 Å². The summed E-state index contributed by atoms with van der Waals surface area (Å²) in [7, 11) is 0. The summed E-state index contributed by atoms with van der Waals surface area (Å²) in [4.78, 5) is 11.7. The van der Waals surface area contributed by atoms with Gasteiger partial charge in [-0.2, -0.15) is 5.48 Å². The molecule has 3 unspecified atom stereocenters. The van der Waals surface area contributed by atoms with E-state index >= 15 is 0 Å². The molecule has 1 aliphatic rings. The Bertz CT molecular complexity index is 432. The van der Waals surface area contributed by atoms with Gasteiger partial charge < -0.3 is 15.1 Å². The van der Waals surface area contributed by atoms with E-state index in [0.717, 1.165) is 0 Å². The zero-order valence-corrected chi connectivity index (χ0v) is 9.69. The molecule has 0 aliphatic heterocycles. The molecule has 96 valence electrons. The second-order valence-corrected chi connectivity index (χ2v) is 4.11. The van der Waals surface area contributed by atoms with Crippen molar-refractivity contribution in [2.75, 3.05) is 0 Å². The van der Waals surface area contributed by atoms with Crippen molar-refractivity contribution in [1.82, 2.24) is 5.48 Å². The SMILES string of the molecule is O=C(OC1C=CCC1NO)C(O)c1ccccc1. The van der Waals surface area contributed by atoms with Gasteiger partial charge in [-0.15, -0.1) is 0 Å². The van der Waals surface area contributed by atoms with E-state index in [-0.39, 0.29) is 6.04 Å². The summed E-state index contributed by atoms with van der Waals surface area (Å²) in [5, 5.41) is 18.7. The van der Waals surface area contributed by atoms with Crippen molar-refractivity contribution in [1.29, 1.82) is 0 Å². The zero-order chi connectivity index (χ0) is 13.0. The van der Waals surface area contributed by atoms with Crippen LogP contribution in [0.1, 0.15) is 18.1 Å². The van der Waals surface area contributed by atoms with Crippen LogP contribution < -0.4 is 5.48 Å². The van der Waals surface area contributed by atoms with Crippen LogP contribution in [0.15, 0.2) is 42.5 Å². The number of nitrogens with one attached hydrogen (secondary N) is 1. The Labute approximate surface area is 105 Å². The highest BCUT2D eigenvalue weighted by Crippen LogP contribution is 2.19. The topological polar surface area (TPSA) is 78.8 Å². The van der Waals surface area contributed by atoms with E-state index in [1.807, 2.05) is 0 Å². The number of carbonyl (C=O) groups excluding carboxylic acids is 1. The number of hydroxylamine groups is 1. The maximum atomic E-state index is 11.7. The van der Waals surface area contributed by atoms with Gasteiger partial charge >= 0.3 is 5.97 Å². The summed E-state index contributed by atoms with van der Waals surface area (Å²) < 4.78 is 5.13. The van der Waals surface area contributed by atoms with Crippen LogP contribution in [0.5, 0.6) is 0 Å². The molecule has 1 aromatic rings. The van der Waals surface area contributed by atoms with Crippen molar-refractivity contribution >= 4 is 5.97 Å². The molecule has 0 saturated heterocycles. The summed E-state index contributed by atoms with van der Waals surface area (Å²) in [5.41, 5.74) is 2.56. The lowest BCUT2D eigenvalue weighted by Gasteiger charge is -2.20. The first-order valence-corrected chi connectivity index (χ1v) is 5.72. The molecule has 0 radical (unpaired) electrons. The van der Waals surface area contributed by atoms with Crippen molar-refractivity contribution < 1.29 is 19.8 Å². The van der Waals surface area contributed by atoms with Crippen molar-refractivity contribution in [2.45, 2.75) is 24.7 Å². The third kappa shape index (κ3) is 2.76. The first-order valence-electron chi connectivity index (χ1n) is 5.72. The Morgan fingerprint density at radius 2 is 2.11 bits per heavy atom. The smallest absolute Gasteiger partial charge is 0.340 e. The lowest BCUT2D eigenvalue weighted by atomic mass is 10.1. The van der Waals surface area contributed by atoms with Crippen molar-refractivity contribution in [2.24, 2.45) is 0 Å². The standard InChI is InChI=1S/C13H15NO4/c15-12(9-5-2-1-3-6-9)13(16)18-11-8-4-7-10(11)14-17/h1-6,8,10-12,14-15,17H,7H2. The van der Waals surface area contributed by atoms with E-state index in [0.29, 0.717) is 12.0 Å². The molecule has 3 atom stereocenters. The number of hydrogen-bond acceptors (Lipinski definition) is 5. The average molecular weight is 249 g/mol. The molecule has 3 N–H and O–H groups in total. The van der Waals surface area contributed by atoms with Crippen molar-refractivity contribution in [3.8, 4) is 0 Å². The number of carbonyl (C=O) groups is 1. The minimum Gasteiger partial charge on any atom is -0.454 e. The molecule has 0 spiro atoms. The number of ether oxygens (including phenoxy) is 1. The Morgan fingerprint density at radius 1 is 1.39 bits per heavy atom. The van der Waals surface area contributed by atoms with Gasteiger partial charge in [0.15, 0.2) is 6.10 Å². The highest BCUT2D eigenvalue weighted by atomic mass is 16.6. The molecule has 1 aromatic carbocycles. The largest absolute Gasteiger partial charge is 0.454 e. The van der Waals surface area contributed by atoms with Crippen LogP contribution in [0, 0.1) is 0 Å². The van der Waals surface area contributed by atoms with Gasteiger partial charge in [0.1, 0.15) is 6.10 Å². The highest BCUT2D eigenvalue weighted by molar-refractivity contribution is 5.76. The first-order chi connectivity index (χ1) is 8.72. The van der Waals surface area contributed by atoms with Gasteiger partial charge in [0.2, 0.25) is 0 Å². The van der Waals surface area contributed by atoms with Crippen LogP contribution in [0.2, 0.25) is 0 Å². The fourth-order valence-corrected chi connectivity index (χ4v) is 1.85. The predicted molar refractivity (Wildman–Crippen MR) is 63.7 cm³/mol. The van der Waals surface area contributed by atoms with Crippen LogP contribution in [0.3, 0.4) is 0 Å². The Morgan fingerprint density at radius 3 is 2.78 bits per heavy atom. The van der Waals surface area contributed by atoms with Gasteiger partial charge in [0.05, 0.1) is 6.04 Å². The second-order valence-electron chi connectivity index (χ2n) is 4.11. The van der Waals surface area contributed by atoms with Gasteiger partial charge in [-0.3, -0.25) is 0 Å². The fraction of sp³-hybridized carbons (Fsp3) is 0.308. The first kappa shape index (κ1) is 12.8. The number of benzene rings is 1. The second kappa shape index (κ2) is 5.77. The van der Waals surface area contributed by atoms with Gasteiger partial charge in [0.25, 0.3) is 0 Å². The molecule has 0 fully saturated rings. The van der Waals surface area contributed by atoms with E-state index in [1.165, 1.54) is 0 Å². The molecule has 0 saturated carbocycles. The molecule has 0 aromatic heterocycles. The van der Waals surface area contributed by atoms with E-state index in [4.69, 9.17) is 9.94 Å². The van der Waals surface area contributed by atoms with E-state index in [2.05, 4.69) is 5.48 Å². The number of esters is 1. The number of aliphatic hydroxyl groups excluding tert-OH is 1. The summed E-state index contributed by atoms with van der Waals surface area (Å²) >= 11 is 0. The van der Waals surface area contributed by atoms with Crippen LogP contribution >= 0.6 is 0 Å². The maximum Gasteiger partial charge on any atom is 0.340 e. The summed E-state index contributed by atoms with van der Waals surface area (Å²) in [6.45, 7) is 0. The number of hydrogen-bond donors (Lipinski definition) is 3. The number of aliphatic hydroxyl groups is 1. The molecule has 0 amide bonds. The minimum absolute atomic E-state index is 0.350. The maximum absolute atomic E-state index is 11.7. The Hall–Kier alpha value is -1.69. The monoisotopic (exact) mass is 249 g/mol. The predicted octanol–water partition coefficient (Wildman–Crippen LogP) is 0.939. The third-order valence-electron chi connectivity index (χ3n) is 2.87. The van der Waals surface area contributed by atoms with Gasteiger partial charge in [-0.1, -0.05) is 36.4 Å². The molecule has 2 rings (SSSR count). The lowest BCUT2D eigenvalue weighted by molar-refractivity contribution is -0.159. The Kier molecular flexibility index (Phi) is 4.09. The summed E-state index contributed by atoms with van der Waals surface area (Å²) in [6.07, 6.45) is 2.21. The van der Waals surface area contributed by atoms with Gasteiger partial charge in [0, 0.05) is 0 Å². The average Bonchev–Trinajstić information content (AvgIpc) is 2.86. The molecular weight excluding hydrogens is 234 g/mol. The zero-order valence-electron chi connectivity index (χ0n) is 9.69. The van der Waals surface area contributed by atoms with Crippen LogP contribution in [0.4, 0.5) is 0 Å². The molecule has 5 heteroatoms. The van der Waals surface area contributed by atoms with Crippen LogP contribution in [0.25, 0.3) is 0 Å². The molecule has 1 aliphatic carbocycles. The quantitative estimate of drug-likeness (QED) is 0.420. The molecule has 0 bridgehead atoms. The Balaban J connectivity index is 1.98. The van der Waals surface area contributed by atoms with Crippen LogP contribution in [-0.2, 0) is 9.53 Å². The minimum atomic E-state index is -1.31. The fourth-order valence-electron chi connectivity index (χ4n) is 1.85.